The summed E-state index contributed by atoms with van der Waals surface area (Å²) < 4.78 is 17.2. The second-order valence-electron chi connectivity index (χ2n) is 10.6. The van der Waals surface area contributed by atoms with Crippen LogP contribution in [0.15, 0.2) is 60.7 Å². The molecule has 7 rings (SSSR count). The summed E-state index contributed by atoms with van der Waals surface area (Å²) in [6.07, 6.45) is 2.10. The Balaban J connectivity index is 1.29. The SMILES string of the molecule is CCN1CCN(c2cc3c(cc2Nc2nnc(-c4ccc([N+](=O)[O-])cc4)s2)nc(-c2ccccc2F)n3C2CC2)CC1. The standard InChI is InChI=1S/C30H29FN8O2S/c1-2-36-13-15-37(16-14-36)26-18-27-25(32-28(38(27)20-11-12-20)22-5-3-4-6-23(22)31)17-24(26)33-30-35-34-29(42-30)19-7-9-21(10-8-19)39(40)41/h3-10,17-18,20H,2,11-16H2,1H3,(H,33,35). The van der Waals surface area contributed by atoms with Crippen molar-refractivity contribution < 1.29 is 9.31 Å². The fourth-order valence-corrected chi connectivity index (χ4v) is 6.32. The van der Waals surface area contributed by atoms with Gasteiger partial charge in [0.1, 0.15) is 16.6 Å². The average molecular weight is 585 g/mol. The van der Waals surface area contributed by atoms with Crippen molar-refractivity contribution in [3.05, 3.63) is 76.6 Å². The van der Waals surface area contributed by atoms with Gasteiger partial charge < -0.3 is 19.7 Å². The fraction of sp³-hybridized carbons (Fsp3) is 0.300. The van der Waals surface area contributed by atoms with Crippen molar-refractivity contribution in [3.8, 4) is 22.0 Å². The molecule has 0 unspecified atom stereocenters. The number of nitrogens with zero attached hydrogens (tertiary/aromatic N) is 7. The van der Waals surface area contributed by atoms with Crippen molar-refractivity contribution in [2.75, 3.05) is 42.9 Å². The Morgan fingerprint density at radius 3 is 2.50 bits per heavy atom. The summed E-state index contributed by atoms with van der Waals surface area (Å²) in [5.74, 6) is 0.373. The molecular weight excluding hydrogens is 555 g/mol. The van der Waals surface area contributed by atoms with E-state index in [0.29, 0.717) is 27.6 Å². The maximum Gasteiger partial charge on any atom is 0.269 e. The predicted molar refractivity (Wildman–Crippen MR) is 163 cm³/mol. The molecule has 0 radical (unpaired) electrons. The molecule has 0 bridgehead atoms. The van der Waals surface area contributed by atoms with Gasteiger partial charge in [0.05, 0.1) is 32.9 Å². The normalized spacial score (nSPS) is 15.8. The molecule has 1 saturated carbocycles. The number of hydrogen-bond donors (Lipinski definition) is 1. The van der Waals surface area contributed by atoms with Gasteiger partial charge in [0, 0.05) is 49.9 Å². The van der Waals surface area contributed by atoms with Crippen LogP contribution in [0.2, 0.25) is 0 Å². The van der Waals surface area contributed by atoms with Crippen molar-refractivity contribution >= 4 is 44.6 Å². The molecule has 2 aromatic heterocycles. The second-order valence-corrected chi connectivity index (χ2v) is 11.6. The summed E-state index contributed by atoms with van der Waals surface area (Å²) in [6, 6.07) is 17.6. The summed E-state index contributed by atoms with van der Waals surface area (Å²) in [5.41, 5.74) is 4.99. The van der Waals surface area contributed by atoms with E-state index in [1.165, 1.54) is 29.5 Å². The number of benzene rings is 3. The summed E-state index contributed by atoms with van der Waals surface area (Å²) in [5, 5.41) is 24.5. The number of anilines is 3. The predicted octanol–water partition coefficient (Wildman–Crippen LogP) is 6.49. The van der Waals surface area contributed by atoms with Crippen LogP contribution in [0.4, 0.5) is 26.6 Å². The Hall–Kier alpha value is -4.42. The molecule has 1 N–H and O–H groups in total. The van der Waals surface area contributed by atoms with Crippen LogP contribution in [0.1, 0.15) is 25.8 Å². The largest absolute Gasteiger partial charge is 0.367 e. The molecule has 1 aliphatic heterocycles. The van der Waals surface area contributed by atoms with Gasteiger partial charge in [-0.05, 0) is 55.8 Å². The topological polar surface area (TPSA) is 105 Å². The van der Waals surface area contributed by atoms with Crippen molar-refractivity contribution in [2.45, 2.75) is 25.8 Å². The van der Waals surface area contributed by atoms with Crippen LogP contribution < -0.4 is 10.2 Å². The highest BCUT2D eigenvalue weighted by molar-refractivity contribution is 7.18. The summed E-state index contributed by atoms with van der Waals surface area (Å²) in [7, 11) is 0. The van der Waals surface area contributed by atoms with Gasteiger partial charge in [0.2, 0.25) is 5.13 Å². The zero-order valence-electron chi connectivity index (χ0n) is 23.0. The quantitative estimate of drug-likeness (QED) is 0.163. The van der Waals surface area contributed by atoms with Gasteiger partial charge in [-0.25, -0.2) is 9.37 Å². The van der Waals surface area contributed by atoms with E-state index in [-0.39, 0.29) is 11.5 Å². The van der Waals surface area contributed by atoms with E-state index >= 15 is 0 Å². The Kier molecular flexibility index (Phi) is 6.79. The number of rotatable bonds is 8. The third kappa shape index (κ3) is 4.96. The number of nitrogens with one attached hydrogen (secondary N) is 1. The minimum Gasteiger partial charge on any atom is -0.367 e. The van der Waals surface area contributed by atoms with Crippen LogP contribution in [0.3, 0.4) is 0 Å². The first-order chi connectivity index (χ1) is 20.5. The smallest absolute Gasteiger partial charge is 0.269 e. The number of nitro groups is 1. The van der Waals surface area contributed by atoms with Gasteiger partial charge in [-0.3, -0.25) is 10.1 Å². The van der Waals surface area contributed by atoms with E-state index in [1.807, 2.05) is 12.1 Å². The molecule has 3 heterocycles. The molecule has 5 aromatic rings. The number of halogens is 1. The highest BCUT2D eigenvalue weighted by Gasteiger charge is 2.31. The number of fused-ring (bicyclic) bond motifs is 1. The Morgan fingerprint density at radius 1 is 1.05 bits per heavy atom. The zero-order chi connectivity index (χ0) is 28.8. The molecule has 1 saturated heterocycles. The highest BCUT2D eigenvalue weighted by Crippen LogP contribution is 2.44. The molecule has 10 nitrogen and oxygen atoms in total. The maximum atomic E-state index is 15.0. The molecule has 1 aliphatic carbocycles. The summed E-state index contributed by atoms with van der Waals surface area (Å²) in [4.78, 5) is 20.4. The lowest BCUT2D eigenvalue weighted by molar-refractivity contribution is -0.384. The van der Waals surface area contributed by atoms with Crippen molar-refractivity contribution in [3.63, 3.8) is 0 Å². The minimum absolute atomic E-state index is 0.0307. The number of nitro benzene ring substituents is 1. The Bertz CT molecular complexity index is 1770. The first-order valence-corrected chi connectivity index (χ1v) is 14.9. The molecule has 0 amide bonds. The van der Waals surface area contributed by atoms with E-state index in [0.717, 1.165) is 73.5 Å². The highest BCUT2D eigenvalue weighted by atomic mass is 32.1. The average Bonchev–Trinajstić information content (AvgIpc) is 3.63. The number of likely N-dealkylation sites (N-methyl/N-ethyl adjacent to an activating group) is 1. The van der Waals surface area contributed by atoms with Gasteiger partial charge in [-0.2, -0.15) is 0 Å². The van der Waals surface area contributed by atoms with Gasteiger partial charge in [-0.15, -0.1) is 10.2 Å². The zero-order valence-corrected chi connectivity index (χ0v) is 23.9. The molecular formula is C30H29FN8O2S. The van der Waals surface area contributed by atoms with Crippen LogP contribution in [-0.4, -0.2) is 62.3 Å². The van der Waals surface area contributed by atoms with E-state index in [2.05, 4.69) is 42.9 Å². The number of piperazine rings is 1. The molecule has 42 heavy (non-hydrogen) atoms. The van der Waals surface area contributed by atoms with E-state index in [9.17, 15) is 14.5 Å². The monoisotopic (exact) mass is 584 g/mol. The van der Waals surface area contributed by atoms with Crippen LogP contribution in [0.25, 0.3) is 33.0 Å². The fourth-order valence-electron chi connectivity index (χ4n) is 5.56. The molecule has 0 spiro atoms. The van der Waals surface area contributed by atoms with Crippen LogP contribution in [-0.2, 0) is 0 Å². The molecule has 0 atom stereocenters. The van der Waals surface area contributed by atoms with E-state index in [4.69, 9.17) is 4.98 Å². The number of non-ortho nitro benzene ring substituents is 1. The molecule has 3 aromatic carbocycles. The third-order valence-corrected chi connectivity index (χ3v) is 8.87. The minimum atomic E-state index is -0.420. The second kappa shape index (κ2) is 10.8. The number of hydrogen-bond acceptors (Lipinski definition) is 9. The van der Waals surface area contributed by atoms with Crippen molar-refractivity contribution in [2.24, 2.45) is 0 Å². The third-order valence-electron chi connectivity index (χ3n) is 7.99. The maximum absolute atomic E-state index is 15.0. The number of aromatic nitrogens is 4. The van der Waals surface area contributed by atoms with Crippen LogP contribution in [0.5, 0.6) is 0 Å². The van der Waals surface area contributed by atoms with Crippen molar-refractivity contribution in [1.82, 2.24) is 24.6 Å². The summed E-state index contributed by atoms with van der Waals surface area (Å²) >= 11 is 1.38. The molecule has 214 valence electrons. The molecule has 12 heteroatoms. The van der Waals surface area contributed by atoms with Crippen molar-refractivity contribution in [1.29, 1.82) is 0 Å². The van der Waals surface area contributed by atoms with Gasteiger partial charge >= 0.3 is 0 Å². The molecule has 2 aliphatic rings. The first-order valence-electron chi connectivity index (χ1n) is 14.1. The lowest BCUT2D eigenvalue weighted by Gasteiger charge is -2.36. The van der Waals surface area contributed by atoms with Gasteiger partial charge in [-0.1, -0.05) is 30.4 Å². The first kappa shape index (κ1) is 26.5. The number of imidazole rings is 1. The lowest BCUT2D eigenvalue weighted by atomic mass is 10.2. The van der Waals surface area contributed by atoms with Crippen LogP contribution >= 0.6 is 11.3 Å². The summed E-state index contributed by atoms with van der Waals surface area (Å²) in [6.45, 7) is 6.92. The van der Waals surface area contributed by atoms with Gasteiger partial charge in [0.15, 0.2) is 0 Å². The Morgan fingerprint density at radius 2 is 1.81 bits per heavy atom. The van der Waals surface area contributed by atoms with E-state index in [1.54, 1.807) is 24.3 Å². The van der Waals surface area contributed by atoms with Gasteiger partial charge in [0.25, 0.3) is 5.69 Å². The molecule has 2 fully saturated rings. The Labute approximate surface area is 245 Å². The van der Waals surface area contributed by atoms with Crippen LogP contribution in [0, 0.1) is 15.9 Å². The lowest BCUT2D eigenvalue weighted by Crippen LogP contribution is -2.46. The van der Waals surface area contributed by atoms with E-state index < -0.39 is 4.92 Å².